The molecule has 0 aliphatic heterocycles. The van der Waals surface area contributed by atoms with Crippen LogP contribution in [-0.2, 0) is 18.3 Å². The van der Waals surface area contributed by atoms with E-state index < -0.39 is 0 Å². The molecule has 0 fully saturated rings. The summed E-state index contributed by atoms with van der Waals surface area (Å²) in [7, 11) is 1.93. The number of nitrogens with one attached hydrogen (secondary N) is 3. The highest BCUT2D eigenvalue weighted by molar-refractivity contribution is 5.95. The lowest BCUT2D eigenvalue weighted by molar-refractivity contribution is -0.114. The minimum atomic E-state index is -0.257. The number of aromatic nitrogens is 2. The molecule has 7 nitrogen and oxygen atoms in total. The summed E-state index contributed by atoms with van der Waals surface area (Å²) in [6.07, 6.45) is 4.75. The van der Waals surface area contributed by atoms with Crippen LogP contribution in [0.1, 0.15) is 48.2 Å². The summed E-state index contributed by atoms with van der Waals surface area (Å²) < 4.78 is 1.88. The molecule has 0 radical (unpaired) electrons. The van der Waals surface area contributed by atoms with Crippen LogP contribution in [0, 0.1) is 13.8 Å². The lowest BCUT2D eigenvalue weighted by atomic mass is 9.93. The fourth-order valence-electron chi connectivity index (χ4n) is 3.52. The summed E-state index contributed by atoms with van der Waals surface area (Å²) in [5, 5.41) is 13.1. The summed E-state index contributed by atoms with van der Waals surface area (Å²) in [5.41, 5.74) is 5.48. The molecule has 138 valence electrons. The van der Waals surface area contributed by atoms with Gasteiger partial charge in [0, 0.05) is 36.6 Å². The van der Waals surface area contributed by atoms with Gasteiger partial charge in [0.05, 0.1) is 12.2 Å². The van der Waals surface area contributed by atoms with Gasteiger partial charge in [0.15, 0.2) is 0 Å². The van der Waals surface area contributed by atoms with E-state index in [0.717, 1.165) is 41.6 Å². The number of carbonyl (C=O) groups excluding carboxylic acids is 2. The molecule has 2 aromatic rings. The van der Waals surface area contributed by atoms with E-state index in [1.54, 1.807) is 0 Å². The first-order chi connectivity index (χ1) is 12.4. The van der Waals surface area contributed by atoms with E-state index in [0.29, 0.717) is 5.69 Å². The number of benzene rings is 1. The molecule has 3 amide bonds. The highest BCUT2D eigenvalue weighted by atomic mass is 16.2. The van der Waals surface area contributed by atoms with Crippen molar-refractivity contribution in [1.82, 2.24) is 15.1 Å². The summed E-state index contributed by atoms with van der Waals surface area (Å²) >= 11 is 0. The molecular weight excluding hydrogens is 330 g/mol. The van der Waals surface area contributed by atoms with Crippen molar-refractivity contribution in [1.29, 1.82) is 0 Å². The zero-order valence-electron chi connectivity index (χ0n) is 15.6. The SMILES string of the molecule is CC(=O)Nc1c(C)ccc(NC(=O)N[C@@H]2CCCc3c2cnn3C)c1C. The number of hydrogen-bond acceptors (Lipinski definition) is 3. The molecule has 1 aliphatic rings. The first-order valence-corrected chi connectivity index (χ1v) is 8.83. The molecule has 0 bridgehead atoms. The normalized spacial score (nSPS) is 15.9. The van der Waals surface area contributed by atoms with Gasteiger partial charge in [0.25, 0.3) is 0 Å². The van der Waals surface area contributed by atoms with Crippen molar-refractivity contribution in [2.24, 2.45) is 7.05 Å². The van der Waals surface area contributed by atoms with Crippen molar-refractivity contribution in [3.63, 3.8) is 0 Å². The van der Waals surface area contributed by atoms with E-state index in [2.05, 4.69) is 21.0 Å². The summed E-state index contributed by atoms with van der Waals surface area (Å²) in [6.45, 7) is 5.28. The third-order valence-electron chi connectivity index (χ3n) is 4.90. The fourth-order valence-corrected chi connectivity index (χ4v) is 3.52. The average Bonchev–Trinajstić information content (AvgIpc) is 2.96. The number of aryl methyl sites for hydroxylation is 2. The van der Waals surface area contributed by atoms with E-state index >= 15 is 0 Å². The number of carbonyl (C=O) groups is 2. The van der Waals surface area contributed by atoms with Gasteiger partial charge in [-0.05, 0) is 50.3 Å². The van der Waals surface area contributed by atoms with Gasteiger partial charge in [-0.15, -0.1) is 0 Å². The number of anilines is 2. The standard InChI is InChI=1S/C19H25N5O2/c1-11-8-9-15(12(2)18(11)21-13(3)25)22-19(26)23-16-6-5-7-17-14(16)10-20-24(17)4/h8-10,16H,5-7H2,1-4H3,(H,21,25)(H2,22,23,26)/t16-/m1/s1. The van der Waals surface area contributed by atoms with E-state index in [1.165, 1.54) is 12.6 Å². The van der Waals surface area contributed by atoms with Gasteiger partial charge in [-0.1, -0.05) is 6.07 Å². The number of amides is 3. The van der Waals surface area contributed by atoms with Crippen molar-refractivity contribution in [2.75, 3.05) is 10.6 Å². The van der Waals surface area contributed by atoms with Crippen LogP contribution < -0.4 is 16.0 Å². The van der Waals surface area contributed by atoms with E-state index in [4.69, 9.17) is 0 Å². The maximum Gasteiger partial charge on any atom is 0.319 e. The summed E-state index contributed by atoms with van der Waals surface area (Å²) in [5.74, 6) is -0.135. The van der Waals surface area contributed by atoms with Crippen LogP contribution in [0.4, 0.5) is 16.2 Å². The zero-order chi connectivity index (χ0) is 18.8. The predicted octanol–water partition coefficient (Wildman–Crippen LogP) is 3.19. The molecule has 1 aromatic heterocycles. The van der Waals surface area contributed by atoms with Crippen LogP contribution in [-0.4, -0.2) is 21.7 Å². The highest BCUT2D eigenvalue weighted by Crippen LogP contribution is 2.30. The lowest BCUT2D eigenvalue weighted by Crippen LogP contribution is -2.34. The van der Waals surface area contributed by atoms with Crippen molar-refractivity contribution in [3.8, 4) is 0 Å². The molecule has 3 N–H and O–H groups in total. The van der Waals surface area contributed by atoms with Gasteiger partial charge in [0.2, 0.25) is 5.91 Å². The van der Waals surface area contributed by atoms with E-state index in [9.17, 15) is 9.59 Å². The van der Waals surface area contributed by atoms with Gasteiger partial charge in [0.1, 0.15) is 0 Å². The van der Waals surface area contributed by atoms with E-state index in [1.807, 2.05) is 43.9 Å². The van der Waals surface area contributed by atoms with Crippen molar-refractivity contribution < 1.29 is 9.59 Å². The van der Waals surface area contributed by atoms with Gasteiger partial charge in [-0.3, -0.25) is 9.48 Å². The molecule has 1 heterocycles. The lowest BCUT2D eigenvalue weighted by Gasteiger charge is -2.24. The molecular formula is C19H25N5O2. The van der Waals surface area contributed by atoms with Crippen LogP contribution in [0.15, 0.2) is 18.3 Å². The first kappa shape index (κ1) is 18.0. The maximum atomic E-state index is 12.5. The number of fused-ring (bicyclic) bond motifs is 1. The molecule has 0 saturated carbocycles. The highest BCUT2D eigenvalue weighted by Gasteiger charge is 2.25. The number of nitrogens with zero attached hydrogens (tertiary/aromatic N) is 2. The van der Waals surface area contributed by atoms with Crippen LogP contribution in [0.3, 0.4) is 0 Å². The Balaban J connectivity index is 1.74. The first-order valence-electron chi connectivity index (χ1n) is 8.83. The maximum absolute atomic E-state index is 12.5. The van der Waals surface area contributed by atoms with Gasteiger partial charge in [-0.2, -0.15) is 5.10 Å². The molecule has 0 saturated heterocycles. The minimum absolute atomic E-state index is 0.0342. The Morgan fingerprint density at radius 3 is 2.73 bits per heavy atom. The third-order valence-corrected chi connectivity index (χ3v) is 4.90. The topological polar surface area (TPSA) is 88.1 Å². The summed E-state index contributed by atoms with van der Waals surface area (Å²) in [6, 6.07) is 3.44. The quantitative estimate of drug-likeness (QED) is 0.790. The predicted molar refractivity (Wildman–Crippen MR) is 101 cm³/mol. The largest absolute Gasteiger partial charge is 0.331 e. The third kappa shape index (κ3) is 3.56. The van der Waals surface area contributed by atoms with Crippen molar-refractivity contribution in [3.05, 3.63) is 40.7 Å². The fraction of sp³-hybridized carbons (Fsp3) is 0.421. The smallest absolute Gasteiger partial charge is 0.319 e. The minimum Gasteiger partial charge on any atom is -0.331 e. The second-order valence-electron chi connectivity index (χ2n) is 6.82. The summed E-state index contributed by atoms with van der Waals surface area (Å²) in [4.78, 5) is 23.9. The van der Waals surface area contributed by atoms with Crippen molar-refractivity contribution in [2.45, 2.75) is 46.1 Å². The second kappa shape index (κ2) is 7.19. The molecule has 7 heteroatoms. The Kier molecular flexibility index (Phi) is 4.97. The van der Waals surface area contributed by atoms with Crippen molar-refractivity contribution >= 4 is 23.3 Å². The van der Waals surface area contributed by atoms with Gasteiger partial charge in [-0.25, -0.2) is 4.79 Å². The van der Waals surface area contributed by atoms with Crippen LogP contribution in [0.5, 0.6) is 0 Å². The number of rotatable bonds is 3. The average molecular weight is 355 g/mol. The van der Waals surface area contributed by atoms with Crippen LogP contribution in [0.2, 0.25) is 0 Å². The van der Waals surface area contributed by atoms with Gasteiger partial charge < -0.3 is 16.0 Å². The Morgan fingerprint density at radius 1 is 1.23 bits per heavy atom. The second-order valence-corrected chi connectivity index (χ2v) is 6.82. The zero-order valence-corrected chi connectivity index (χ0v) is 15.6. The Morgan fingerprint density at radius 2 is 2.00 bits per heavy atom. The molecule has 1 aromatic carbocycles. The Bertz CT molecular complexity index is 856. The van der Waals surface area contributed by atoms with Gasteiger partial charge >= 0.3 is 6.03 Å². The van der Waals surface area contributed by atoms with Crippen LogP contribution >= 0.6 is 0 Å². The molecule has 26 heavy (non-hydrogen) atoms. The molecule has 1 aliphatic carbocycles. The monoisotopic (exact) mass is 355 g/mol. The molecule has 0 spiro atoms. The van der Waals surface area contributed by atoms with E-state index in [-0.39, 0.29) is 18.0 Å². The molecule has 0 unspecified atom stereocenters. The van der Waals surface area contributed by atoms with Crippen LogP contribution in [0.25, 0.3) is 0 Å². The Hall–Kier alpha value is -2.83. The Labute approximate surface area is 153 Å². The molecule has 1 atom stereocenters. The number of urea groups is 1. The number of hydrogen-bond donors (Lipinski definition) is 3. The molecule has 3 rings (SSSR count).